The smallest absolute Gasteiger partial charge is 0.255 e. The molecule has 0 atom stereocenters. The van der Waals surface area contributed by atoms with Crippen LogP contribution in [0.2, 0.25) is 0 Å². The first-order valence-electron chi connectivity index (χ1n) is 9.55. The molecule has 0 saturated heterocycles. The molecule has 4 nitrogen and oxygen atoms in total. The predicted octanol–water partition coefficient (Wildman–Crippen LogP) is 5.70. The Labute approximate surface area is 166 Å². The van der Waals surface area contributed by atoms with Crippen LogP contribution in [-0.2, 0) is 6.61 Å². The molecule has 1 N–H and O–H groups in total. The highest BCUT2D eigenvalue weighted by molar-refractivity contribution is 6.04. The number of unbranched alkanes of at least 4 members (excludes halogenated alkanes) is 1. The van der Waals surface area contributed by atoms with Gasteiger partial charge in [-0.25, -0.2) is 0 Å². The van der Waals surface area contributed by atoms with Crippen molar-refractivity contribution in [1.29, 1.82) is 0 Å². The third-order valence-electron chi connectivity index (χ3n) is 4.24. The normalized spacial score (nSPS) is 10.3. The van der Waals surface area contributed by atoms with Crippen LogP contribution in [0.1, 0.15) is 35.7 Å². The van der Waals surface area contributed by atoms with Gasteiger partial charge < -0.3 is 14.8 Å². The lowest BCUT2D eigenvalue weighted by Gasteiger charge is -2.09. The van der Waals surface area contributed by atoms with Crippen molar-refractivity contribution >= 4 is 11.6 Å². The third kappa shape index (κ3) is 5.88. The second kappa shape index (κ2) is 10.2. The summed E-state index contributed by atoms with van der Waals surface area (Å²) in [6, 6.07) is 24.5. The fraction of sp³-hybridized carbons (Fsp3) is 0.208. The monoisotopic (exact) mass is 375 g/mol. The van der Waals surface area contributed by atoms with E-state index in [2.05, 4.69) is 12.2 Å². The van der Waals surface area contributed by atoms with Crippen LogP contribution in [0.25, 0.3) is 0 Å². The number of carbonyl (C=O) groups is 1. The van der Waals surface area contributed by atoms with Gasteiger partial charge in [0.05, 0.1) is 6.61 Å². The molecule has 0 aromatic heterocycles. The number of ether oxygens (including phenoxy) is 2. The third-order valence-corrected chi connectivity index (χ3v) is 4.24. The molecule has 3 rings (SSSR count). The molecule has 0 unspecified atom stereocenters. The molecule has 0 bridgehead atoms. The molecule has 0 aliphatic carbocycles. The molecule has 0 saturated carbocycles. The Balaban J connectivity index is 1.51. The Hall–Kier alpha value is -3.27. The fourth-order valence-corrected chi connectivity index (χ4v) is 2.62. The highest BCUT2D eigenvalue weighted by Gasteiger charge is 2.07. The van der Waals surface area contributed by atoms with E-state index in [1.54, 1.807) is 12.1 Å². The van der Waals surface area contributed by atoms with Crippen LogP contribution < -0.4 is 14.8 Å². The van der Waals surface area contributed by atoms with Gasteiger partial charge in [0.15, 0.2) is 0 Å². The van der Waals surface area contributed by atoms with Crippen molar-refractivity contribution in [3.8, 4) is 11.5 Å². The summed E-state index contributed by atoms with van der Waals surface area (Å²) in [7, 11) is 0. The predicted molar refractivity (Wildman–Crippen MR) is 112 cm³/mol. The lowest BCUT2D eigenvalue weighted by molar-refractivity contribution is 0.102. The number of hydrogen-bond acceptors (Lipinski definition) is 3. The van der Waals surface area contributed by atoms with Crippen LogP contribution in [-0.4, -0.2) is 12.5 Å². The van der Waals surface area contributed by atoms with Gasteiger partial charge in [-0.1, -0.05) is 43.7 Å². The highest BCUT2D eigenvalue weighted by Crippen LogP contribution is 2.18. The second-order valence-corrected chi connectivity index (χ2v) is 6.48. The Morgan fingerprint density at radius 1 is 0.821 bits per heavy atom. The number of hydrogen-bond donors (Lipinski definition) is 1. The number of rotatable bonds is 9. The topological polar surface area (TPSA) is 47.6 Å². The van der Waals surface area contributed by atoms with Gasteiger partial charge >= 0.3 is 0 Å². The van der Waals surface area contributed by atoms with Gasteiger partial charge in [0, 0.05) is 11.3 Å². The summed E-state index contributed by atoms with van der Waals surface area (Å²) < 4.78 is 11.4. The zero-order chi connectivity index (χ0) is 19.6. The molecule has 28 heavy (non-hydrogen) atoms. The maximum absolute atomic E-state index is 12.4. The Morgan fingerprint density at radius 2 is 1.46 bits per heavy atom. The molecule has 0 aliphatic rings. The number of nitrogens with one attached hydrogen (secondary N) is 1. The van der Waals surface area contributed by atoms with Gasteiger partial charge in [0.25, 0.3) is 5.91 Å². The zero-order valence-electron chi connectivity index (χ0n) is 16.1. The van der Waals surface area contributed by atoms with Crippen LogP contribution in [0.4, 0.5) is 5.69 Å². The molecular formula is C24H25NO3. The van der Waals surface area contributed by atoms with Crippen LogP contribution in [0, 0.1) is 0 Å². The molecule has 0 heterocycles. The molecule has 0 spiro atoms. The van der Waals surface area contributed by atoms with E-state index in [4.69, 9.17) is 9.47 Å². The van der Waals surface area contributed by atoms with E-state index in [1.165, 1.54) is 0 Å². The first-order chi connectivity index (χ1) is 13.7. The number of benzene rings is 3. The summed E-state index contributed by atoms with van der Waals surface area (Å²) in [5.74, 6) is 1.38. The zero-order valence-corrected chi connectivity index (χ0v) is 16.1. The summed E-state index contributed by atoms with van der Waals surface area (Å²) in [6.07, 6.45) is 2.13. The summed E-state index contributed by atoms with van der Waals surface area (Å²) in [5, 5.41) is 2.89. The Bertz CT molecular complexity index is 859. The van der Waals surface area contributed by atoms with E-state index in [9.17, 15) is 4.79 Å². The van der Waals surface area contributed by atoms with Gasteiger partial charge in [-0.2, -0.15) is 0 Å². The van der Waals surface area contributed by atoms with Crippen molar-refractivity contribution in [2.24, 2.45) is 0 Å². The Morgan fingerprint density at radius 3 is 2.14 bits per heavy atom. The van der Waals surface area contributed by atoms with Gasteiger partial charge in [-0.15, -0.1) is 0 Å². The summed E-state index contributed by atoms with van der Waals surface area (Å²) in [4.78, 5) is 12.4. The van der Waals surface area contributed by atoms with E-state index < -0.39 is 0 Å². The summed E-state index contributed by atoms with van der Waals surface area (Å²) in [6.45, 7) is 3.34. The standard InChI is InChI=1S/C24H25NO3/c1-2-3-17-27-22-15-11-21(12-16-22)25-24(26)20-9-13-23(14-10-20)28-18-19-7-5-4-6-8-19/h4-16H,2-3,17-18H2,1H3,(H,25,26). The molecule has 0 aliphatic heterocycles. The fourth-order valence-electron chi connectivity index (χ4n) is 2.62. The maximum Gasteiger partial charge on any atom is 0.255 e. The minimum Gasteiger partial charge on any atom is -0.494 e. The van der Waals surface area contributed by atoms with Crippen LogP contribution >= 0.6 is 0 Å². The molecule has 3 aromatic rings. The van der Waals surface area contributed by atoms with Crippen molar-refractivity contribution < 1.29 is 14.3 Å². The quantitative estimate of drug-likeness (QED) is 0.488. The maximum atomic E-state index is 12.4. The second-order valence-electron chi connectivity index (χ2n) is 6.48. The van der Waals surface area contributed by atoms with Crippen LogP contribution in [0.3, 0.4) is 0 Å². The molecule has 144 valence electrons. The minimum atomic E-state index is -0.158. The average molecular weight is 375 g/mol. The van der Waals surface area contributed by atoms with Crippen LogP contribution in [0.5, 0.6) is 11.5 Å². The number of carbonyl (C=O) groups excluding carboxylic acids is 1. The van der Waals surface area contributed by atoms with Crippen molar-refractivity contribution in [1.82, 2.24) is 0 Å². The van der Waals surface area contributed by atoms with E-state index in [0.717, 1.165) is 35.6 Å². The largest absolute Gasteiger partial charge is 0.494 e. The number of anilines is 1. The Kier molecular flexibility index (Phi) is 7.08. The van der Waals surface area contributed by atoms with E-state index in [0.29, 0.717) is 18.8 Å². The van der Waals surface area contributed by atoms with Gasteiger partial charge in [-0.3, -0.25) is 4.79 Å². The first kappa shape index (κ1) is 19.5. The summed E-state index contributed by atoms with van der Waals surface area (Å²) >= 11 is 0. The SMILES string of the molecule is CCCCOc1ccc(NC(=O)c2ccc(OCc3ccccc3)cc2)cc1. The average Bonchev–Trinajstić information content (AvgIpc) is 2.75. The van der Waals surface area contributed by atoms with Crippen molar-refractivity contribution in [2.45, 2.75) is 26.4 Å². The van der Waals surface area contributed by atoms with E-state index in [1.807, 2.05) is 66.7 Å². The highest BCUT2D eigenvalue weighted by atomic mass is 16.5. The molecule has 3 aromatic carbocycles. The van der Waals surface area contributed by atoms with Gasteiger partial charge in [-0.05, 0) is 60.5 Å². The lowest BCUT2D eigenvalue weighted by atomic mass is 10.2. The van der Waals surface area contributed by atoms with E-state index >= 15 is 0 Å². The number of amides is 1. The molecule has 0 radical (unpaired) electrons. The van der Waals surface area contributed by atoms with Gasteiger partial charge in [0.1, 0.15) is 18.1 Å². The molecule has 4 heteroatoms. The van der Waals surface area contributed by atoms with Crippen molar-refractivity contribution in [3.05, 3.63) is 90.0 Å². The van der Waals surface area contributed by atoms with Crippen molar-refractivity contribution in [3.63, 3.8) is 0 Å². The molecule has 1 amide bonds. The molecule has 0 fully saturated rings. The van der Waals surface area contributed by atoms with E-state index in [-0.39, 0.29) is 5.91 Å². The summed E-state index contributed by atoms with van der Waals surface area (Å²) in [5.41, 5.74) is 2.42. The van der Waals surface area contributed by atoms with Crippen molar-refractivity contribution in [2.75, 3.05) is 11.9 Å². The minimum absolute atomic E-state index is 0.158. The van der Waals surface area contributed by atoms with Crippen LogP contribution in [0.15, 0.2) is 78.9 Å². The van der Waals surface area contributed by atoms with Gasteiger partial charge in [0.2, 0.25) is 0 Å². The molecular weight excluding hydrogens is 350 g/mol. The first-order valence-corrected chi connectivity index (χ1v) is 9.55. The lowest BCUT2D eigenvalue weighted by Crippen LogP contribution is -2.11.